The maximum absolute atomic E-state index is 13.4. The van der Waals surface area contributed by atoms with E-state index in [4.69, 9.17) is 22.1 Å². The summed E-state index contributed by atoms with van der Waals surface area (Å²) in [7, 11) is 0. The van der Waals surface area contributed by atoms with Crippen LogP contribution in [0.25, 0.3) is 11.1 Å². The van der Waals surface area contributed by atoms with Gasteiger partial charge in [-0.3, -0.25) is 9.89 Å². The summed E-state index contributed by atoms with van der Waals surface area (Å²) in [5.41, 5.74) is 10.9. The van der Waals surface area contributed by atoms with E-state index in [1.54, 1.807) is 23.2 Å². The molecular weight excluding hydrogens is 490 g/mol. The van der Waals surface area contributed by atoms with E-state index >= 15 is 0 Å². The molecule has 9 heteroatoms. The molecule has 2 atom stereocenters. The molecule has 0 saturated heterocycles. The van der Waals surface area contributed by atoms with Gasteiger partial charge in [-0.15, -0.1) is 0 Å². The van der Waals surface area contributed by atoms with Crippen molar-refractivity contribution >= 4 is 29.2 Å². The molecule has 0 bridgehead atoms. The molecule has 3 aromatic carbocycles. The number of hydrogen-bond acceptors (Lipinski definition) is 4. The number of nitrogens with two attached hydrogens (primary N) is 1. The number of aromatic nitrogens is 2. The molecule has 1 aliphatic rings. The summed E-state index contributed by atoms with van der Waals surface area (Å²) in [5, 5.41) is 9.94. The lowest BCUT2D eigenvalue weighted by Crippen LogP contribution is -2.54. The lowest BCUT2D eigenvalue weighted by atomic mass is 9.94. The molecule has 8 nitrogen and oxygen atoms in total. The standard InChI is InChI=1S/C28H26ClN5O3/c1-17(34-26-13-23(29)9-8-21(26)12-25(27(34)35)33-28(30)36)19-5-3-7-24(11-19)37-16-18-4-2-6-20(10-18)22-14-31-32-15-22/h2-11,13-15,17,25H,12,16H2,1H3,(H,31,32)(H3,30,33,36)/t17-,25?/m0/s1. The molecule has 1 aliphatic heterocycles. The zero-order valence-corrected chi connectivity index (χ0v) is 20.9. The normalized spacial score (nSPS) is 15.7. The number of H-pyrrole nitrogens is 1. The molecule has 4 N–H and O–H groups in total. The Balaban J connectivity index is 1.37. The molecule has 0 radical (unpaired) electrons. The minimum Gasteiger partial charge on any atom is -0.489 e. The molecule has 1 aromatic heterocycles. The number of halogens is 1. The molecule has 0 fully saturated rings. The van der Waals surface area contributed by atoms with Gasteiger partial charge in [-0.1, -0.05) is 48.0 Å². The first-order valence-electron chi connectivity index (χ1n) is 11.9. The summed E-state index contributed by atoms with van der Waals surface area (Å²) in [6, 6.07) is 19.3. The van der Waals surface area contributed by atoms with E-state index in [0.29, 0.717) is 23.8 Å². The number of rotatable bonds is 7. The topological polar surface area (TPSA) is 113 Å². The monoisotopic (exact) mass is 515 g/mol. The zero-order chi connectivity index (χ0) is 25.9. The molecule has 2 heterocycles. The van der Waals surface area contributed by atoms with Crippen molar-refractivity contribution in [1.82, 2.24) is 15.5 Å². The quantitative estimate of drug-likeness (QED) is 0.321. The Kier molecular flexibility index (Phi) is 6.83. The summed E-state index contributed by atoms with van der Waals surface area (Å²) < 4.78 is 6.11. The predicted molar refractivity (Wildman–Crippen MR) is 142 cm³/mol. The van der Waals surface area contributed by atoms with E-state index in [2.05, 4.69) is 21.6 Å². The molecule has 3 amide bonds. The van der Waals surface area contributed by atoms with Gasteiger partial charge < -0.3 is 20.7 Å². The van der Waals surface area contributed by atoms with Crippen LogP contribution in [0.4, 0.5) is 10.5 Å². The first kappa shape index (κ1) is 24.4. The van der Waals surface area contributed by atoms with Gasteiger partial charge in [-0.25, -0.2) is 4.79 Å². The van der Waals surface area contributed by atoms with Crippen LogP contribution in [0.3, 0.4) is 0 Å². The number of hydrogen-bond donors (Lipinski definition) is 3. The first-order valence-corrected chi connectivity index (χ1v) is 12.2. The second-order valence-electron chi connectivity index (χ2n) is 8.97. The summed E-state index contributed by atoms with van der Waals surface area (Å²) >= 11 is 6.28. The number of ether oxygens (including phenoxy) is 1. The van der Waals surface area contributed by atoms with Crippen molar-refractivity contribution in [3.05, 3.63) is 101 Å². The van der Waals surface area contributed by atoms with Crippen molar-refractivity contribution in [1.29, 1.82) is 0 Å². The number of aromatic amines is 1. The Morgan fingerprint density at radius 1 is 1.19 bits per heavy atom. The van der Waals surface area contributed by atoms with Crippen molar-refractivity contribution in [2.75, 3.05) is 4.90 Å². The number of carbonyl (C=O) groups excluding carboxylic acids is 2. The fraction of sp³-hybridized carbons (Fsp3) is 0.179. The van der Waals surface area contributed by atoms with E-state index in [-0.39, 0.29) is 11.9 Å². The molecule has 0 spiro atoms. The van der Waals surface area contributed by atoms with Gasteiger partial charge in [0.2, 0.25) is 0 Å². The SMILES string of the molecule is C[C@@H](c1cccc(OCc2cccc(-c3cn[nH]c3)c2)c1)N1C(=O)C(NC(N)=O)Cc2ccc(Cl)cc21. The Morgan fingerprint density at radius 3 is 2.81 bits per heavy atom. The average molecular weight is 516 g/mol. The second kappa shape index (κ2) is 10.4. The van der Waals surface area contributed by atoms with Gasteiger partial charge >= 0.3 is 6.03 Å². The van der Waals surface area contributed by atoms with Crippen LogP contribution in [-0.2, 0) is 17.8 Å². The smallest absolute Gasteiger partial charge is 0.312 e. The largest absolute Gasteiger partial charge is 0.489 e. The second-order valence-corrected chi connectivity index (χ2v) is 9.41. The average Bonchev–Trinajstić information content (AvgIpc) is 3.43. The van der Waals surface area contributed by atoms with E-state index in [1.807, 2.05) is 61.7 Å². The lowest BCUT2D eigenvalue weighted by Gasteiger charge is -2.38. The number of carbonyl (C=O) groups is 2. The van der Waals surface area contributed by atoms with Crippen molar-refractivity contribution in [3.63, 3.8) is 0 Å². The van der Waals surface area contributed by atoms with Gasteiger partial charge in [0, 0.05) is 28.9 Å². The van der Waals surface area contributed by atoms with Crippen molar-refractivity contribution in [2.24, 2.45) is 5.73 Å². The fourth-order valence-electron chi connectivity index (χ4n) is 4.64. The highest BCUT2D eigenvalue weighted by Crippen LogP contribution is 2.37. The van der Waals surface area contributed by atoms with Crippen molar-refractivity contribution in [3.8, 4) is 16.9 Å². The van der Waals surface area contributed by atoms with E-state index < -0.39 is 12.1 Å². The molecule has 0 aliphatic carbocycles. The number of benzene rings is 3. The third-order valence-corrected chi connectivity index (χ3v) is 6.71. The molecular formula is C28H26ClN5O3. The van der Waals surface area contributed by atoms with Crippen LogP contribution in [0.2, 0.25) is 5.02 Å². The van der Waals surface area contributed by atoms with Gasteiger partial charge in [-0.2, -0.15) is 5.10 Å². The first-order chi connectivity index (χ1) is 17.9. The molecule has 1 unspecified atom stereocenters. The summed E-state index contributed by atoms with van der Waals surface area (Å²) in [6.45, 7) is 2.32. The Hall–Kier alpha value is -4.30. The van der Waals surface area contributed by atoms with Crippen LogP contribution in [0.15, 0.2) is 79.1 Å². The third kappa shape index (κ3) is 5.29. The lowest BCUT2D eigenvalue weighted by molar-refractivity contribution is -0.121. The van der Waals surface area contributed by atoms with Gasteiger partial charge in [0.05, 0.1) is 12.2 Å². The van der Waals surface area contributed by atoms with Gasteiger partial charge in [0.25, 0.3) is 5.91 Å². The number of amides is 3. The van der Waals surface area contributed by atoms with Gasteiger partial charge in [0.1, 0.15) is 18.4 Å². The summed E-state index contributed by atoms with van der Waals surface area (Å²) in [5.74, 6) is 0.434. The summed E-state index contributed by atoms with van der Waals surface area (Å²) in [6.07, 6.45) is 3.97. The van der Waals surface area contributed by atoms with Crippen LogP contribution in [0.1, 0.15) is 29.7 Å². The van der Waals surface area contributed by atoms with E-state index in [1.165, 1.54) is 0 Å². The molecule has 37 heavy (non-hydrogen) atoms. The van der Waals surface area contributed by atoms with Crippen LogP contribution in [0, 0.1) is 0 Å². The minimum absolute atomic E-state index is 0.247. The summed E-state index contributed by atoms with van der Waals surface area (Å²) in [4.78, 5) is 26.7. The van der Waals surface area contributed by atoms with Crippen molar-refractivity contribution < 1.29 is 14.3 Å². The number of nitrogens with zero attached hydrogens (tertiary/aromatic N) is 2. The molecule has 4 aromatic rings. The van der Waals surface area contributed by atoms with Crippen LogP contribution >= 0.6 is 11.6 Å². The van der Waals surface area contributed by atoms with Gasteiger partial charge in [-0.05, 0) is 59.5 Å². The highest BCUT2D eigenvalue weighted by Gasteiger charge is 2.36. The molecule has 0 saturated carbocycles. The molecule has 188 valence electrons. The maximum atomic E-state index is 13.4. The van der Waals surface area contributed by atoms with E-state index in [9.17, 15) is 9.59 Å². The van der Waals surface area contributed by atoms with E-state index in [0.717, 1.165) is 33.5 Å². The predicted octanol–water partition coefficient (Wildman–Crippen LogP) is 5.00. The zero-order valence-electron chi connectivity index (χ0n) is 20.1. The maximum Gasteiger partial charge on any atom is 0.312 e. The minimum atomic E-state index is -0.754. The van der Waals surface area contributed by atoms with Crippen molar-refractivity contribution in [2.45, 2.75) is 32.0 Å². The highest BCUT2D eigenvalue weighted by molar-refractivity contribution is 6.31. The number of primary amides is 1. The van der Waals surface area contributed by atoms with Gasteiger partial charge in [0.15, 0.2) is 0 Å². The van der Waals surface area contributed by atoms with Crippen LogP contribution in [0.5, 0.6) is 5.75 Å². The third-order valence-electron chi connectivity index (χ3n) is 6.47. The van der Waals surface area contributed by atoms with Crippen LogP contribution in [-0.4, -0.2) is 28.2 Å². The number of fused-ring (bicyclic) bond motifs is 1. The number of nitrogens with one attached hydrogen (secondary N) is 2. The Bertz CT molecular complexity index is 1440. The number of urea groups is 1. The highest BCUT2D eigenvalue weighted by atomic mass is 35.5. The Morgan fingerprint density at radius 2 is 2.03 bits per heavy atom. The molecule has 5 rings (SSSR count). The van der Waals surface area contributed by atoms with Crippen LogP contribution < -0.4 is 20.7 Å². The fourth-order valence-corrected chi connectivity index (χ4v) is 4.81. The Labute approximate surface area is 219 Å². The number of anilines is 1.